The molecule has 158 valence electrons. The van der Waals surface area contributed by atoms with Crippen LogP contribution in [-0.2, 0) is 32.9 Å². The SMILES string of the molecule is CCc1ccc(-c2c3c(nn2C)CCc2cnc(Nc4ccn(CC)n4)nc2-3)c(C)c1. The summed E-state index contributed by atoms with van der Waals surface area (Å²) in [5.74, 6) is 1.30. The molecule has 3 aromatic heterocycles. The zero-order chi connectivity index (χ0) is 21.5. The lowest BCUT2D eigenvalue weighted by atomic mass is 9.90. The van der Waals surface area contributed by atoms with E-state index in [2.05, 4.69) is 54.4 Å². The second kappa shape index (κ2) is 7.65. The monoisotopic (exact) mass is 413 g/mol. The van der Waals surface area contributed by atoms with E-state index in [0.717, 1.165) is 59.8 Å². The zero-order valence-electron chi connectivity index (χ0n) is 18.5. The van der Waals surface area contributed by atoms with Crippen molar-refractivity contribution in [2.75, 3.05) is 5.32 Å². The summed E-state index contributed by atoms with van der Waals surface area (Å²) < 4.78 is 3.88. The van der Waals surface area contributed by atoms with E-state index in [4.69, 9.17) is 10.1 Å². The summed E-state index contributed by atoms with van der Waals surface area (Å²) in [6, 6.07) is 8.64. The highest BCUT2D eigenvalue weighted by Crippen LogP contribution is 2.40. The van der Waals surface area contributed by atoms with Gasteiger partial charge in [0.25, 0.3) is 0 Å². The van der Waals surface area contributed by atoms with Gasteiger partial charge in [-0.3, -0.25) is 9.36 Å². The molecule has 1 N–H and O–H groups in total. The van der Waals surface area contributed by atoms with Crippen LogP contribution in [0.4, 0.5) is 11.8 Å². The smallest absolute Gasteiger partial charge is 0.228 e. The molecule has 5 rings (SSSR count). The van der Waals surface area contributed by atoms with Crippen LogP contribution in [0.2, 0.25) is 0 Å². The highest BCUT2D eigenvalue weighted by Gasteiger charge is 2.27. The Morgan fingerprint density at radius 3 is 2.71 bits per heavy atom. The van der Waals surface area contributed by atoms with E-state index >= 15 is 0 Å². The molecule has 0 bridgehead atoms. The van der Waals surface area contributed by atoms with Crippen molar-refractivity contribution in [2.45, 2.75) is 46.6 Å². The van der Waals surface area contributed by atoms with Gasteiger partial charge in [0.2, 0.25) is 5.95 Å². The third-order valence-electron chi connectivity index (χ3n) is 6.01. The summed E-state index contributed by atoms with van der Waals surface area (Å²) in [5, 5.41) is 12.6. The Labute approximate surface area is 182 Å². The first-order valence-corrected chi connectivity index (χ1v) is 10.9. The van der Waals surface area contributed by atoms with Crippen LogP contribution in [0.15, 0.2) is 36.7 Å². The Kier molecular flexibility index (Phi) is 4.81. The second-order valence-corrected chi connectivity index (χ2v) is 8.05. The van der Waals surface area contributed by atoms with Crippen LogP contribution >= 0.6 is 0 Å². The second-order valence-electron chi connectivity index (χ2n) is 8.05. The van der Waals surface area contributed by atoms with Crippen molar-refractivity contribution in [3.8, 4) is 22.5 Å². The first kappa shape index (κ1) is 19.5. The molecule has 3 heterocycles. The summed E-state index contributed by atoms with van der Waals surface area (Å²) in [6.07, 6.45) is 6.72. The molecule has 31 heavy (non-hydrogen) atoms. The van der Waals surface area contributed by atoms with E-state index in [9.17, 15) is 0 Å². The lowest BCUT2D eigenvalue weighted by Gasteiger charge is -2.17. The van der Waals surface area contributed by atoms with Gasteiger partial charge in [-0.05, 0) is 49.8 Å². The van der Waals surface area contributed by atoms with Crippen LogP contribution in [0.25, 0.3) is 22.5 Å². The fourth-order valence-electron chi connectivity index (χ4n) is 4.36. The Balaban J connectivity index is 1.61. The average molecular weight is 414 g/mol. The largest absolute Gasteiger partial charge is 0.307 e. The van der Waals surface area contributed by atoms with Crippen LogP contribution in [-0.4, -0.2) is 29.5 Å². The minimum absolute atomic E-state index is 0.556. The van der Waals surface area contributed by atoms with E-state index in [1.807, 2.05) is 34.9 Å². The normalized spacial score (nSPS) is 12.5. The number of hydrogen-bond donors (Lipinski definition) is 1. The number of aryl methyl sites for hydroxylation is 6. The van der Waals surface area contributed by atoms with E-state index in [1.54, 1.807) is 0 Å². The molecular formula is C24H27N7. The quantitative estimate of drug-likeness (QED) is 0.522. The number of fused-ring (bicyclic) bond motifs is 3. The van der Waals surface area contributed by atoms with Crippen molar-refractivity contribution in [1.82, 2.24) is 29.5 Å². The molecule has 0 aliphatic heterocycles. The molecule has 1 aliphatic rings. The van der Waals surface area contributed by atoms with Gasteiger partial charge in [0, 0.05) is 43.2 Å². The van der Waals surface area contributed by atoms with Crippen LogP contribution in [0, 0.1) is 6.92 Å². The van der Waals surface area contributed by atoms with E-state index < -0.39 is 0 Å². The van der Waals surface area contributed by atoms with Gasteiger partial charge in [-0.25, -0.2) is 9.97 Å². The van der Waals surface area contributed by atoms with Crippen molar-refractivity contribution in [2.24, 2.45) is 7.05 Å². The molecular weight excluding hydrogens is 386 g/mol. The van der Waals surface area contributed by atoms with E-state index in [1.165, 1.54) is 16.7 Å². The molecule has 0 saturated heterocycles. The molecule has 1 aliphatic carbocycles. The number of hydrogen-bond acceptors (Lipinski definition) is 5. The first-order valence-electron chi connectivity index (χ1n) is 10.9. The fourth-order valence-corrected chi connectivity index (χ4v) is 4.36. The number of rotatable bonds is 5. The van der Waals surface area contributed by atoms with Crippen LogP contribution in [0.3, 0.4) is 0 Å². The van der Waals surface area contributed by atoms with Crippen LogP contribution in [0.1, 0.15) is 36.2 Å². The van der Waals surface area contributed by atoms with Crippen molar-refractivity contribution in [1.29, 1.82) is 0 Å². The van der Waals surface area contributed by atoms with E-state index in [-0.39, 0.29) is 0 Å². The number of anilines is 2. The minimum atomic E-state index is 0.556. The Bertz CT molecular complexity index is 1270. The number of benzene rings is 1. The molecule has 4 aromatic rings. The highest BCUT2D eigenvalue weighted by molar-refractivity contribution is 5.85. The lowest BCUT2D eigenvalue weighted by molar-refractivity contribution is 0.662. The predicted molar refractivity (Wildman–Crippen MR) is 122 cm³/mol. The molecule has 7 nitrogen and oxygen atoms in total. The fraction of sp³-hybridized carbons (Fsp3) is 0.333. The van der Waals surface area contributed by atoms with Gasteiger partial charge in [-0.2, -0.15) is 10.2 Å². The Morgan fingerprint density at radius 1 is 1.10 bits per heavy atom. The van der Waals surface area contributed by atoms with Gasteiger partial charge in [-0.15, -0.1) is 0 Å². The van der Waals surface area contributed by atoms with Gasteiger partial charge >= 0.3 is 0 Å². The van der Waals surface area contributed by atoms with Crippen LogP contribution in [0.5, 0.6) is 0 Å². The number of nitrogens with one attached hydrogen (secondary N) is 1. The summed E-state index contributed by atoms with van der Waals surface area (Å²) in [7, 11) is 2.03. The maximum Gasteiger partial charge on any atom is 0.228 e. The third-order valence-corrected chi connectivity index (χ3v) is 6.01. The molecule has 0 fully saturated rings. The molecule has 0 unspecified atom stereocenters. The number of nitrogens with zero attached hydrogens (tertiary/aromatic N) is 6. The molecule has 0 atom stereocenters. The van der Waals surface area contributed by atoms with Gasteiger partial charge in [-0.1, -0.05) is 25.1 Å². The average Bonchev–Trinajstić information content (AvgIpc) is 3.37. The Morgan fingerprint density at radius 2 is 1.97 bits per heavy atom. The number of aromatic nitrogens is 6. The highest BCUT2D eigenvalue weighted by atomic mass is 15.3. The lowest BCUT2D eigenvalue weighted by Crippen LogP contribution is -2.09. The van der Waals surface area contributed by atoms with Gasteiger partial charge in [0.05, 0.1) is 17.1 Å². The molecule has 0 radical (unpaired) electrons. The molecule has 0 amide bonds. The third kappa shape index (κ3) is 3.40. The topological polar surface area (TPSA) is 73.5 Å². The van der Waals surface area contributed by atoms with Gasteiger partial charge in [0.1, 0.15) is 0 Å². The summed E-state index contributed by atoms with van der Waals surface area (Å²) in [4.78, 5) is 9.47. The molecule has 1 aromatic carbocycles. The van der Waals surface area contributed by atoms with Gasteiger partial charge in [0.15, 0.2) is 5.82 Å². The van der Waals surface area contributed by atoms with Crippen molar-refractivity contribution >= 4 is 11.8 Å². The Hall–Kier alpha value is -3.48. The van der Waals surface area contributed by atoms with Crippen molar-refractivity contribution in [3.63, 3.8) is 0 Å². The zero-order valence-corrected chi connectivity index (χ0v) is 18.5. The molecule has 0 spiro atoms. The first-order chi connectivity index (χ1) is 15.1. The summed E-state index contributed by atoms with van der Waals surface area (Å²) in [5.41, 5.74) is 9.29. The van der Waals surface area contributed by atoms with Crippen LogP contribution < -0.4 is 5.32 Å². The maximum absolute atomic E-state index is 4.92. The van der Waals surface area contributed by atoms with E-state index in [0.29, 0.717) is 5.95 Å². The van der Waals surface area contributed by atoms with Gasteiger partial charge < -0.3 is 5.32 Å². The molecule has 7 heteroatoms. The summed E-state index contributed by atoms with van der Waals surface area (Å²) >= 11 is 0. The predicted octanol–water partition coefficient (Wildman–Crippen LogP) is 4.47. The minimum Gasteiger partial charge on any atom is -0.307 e. The van der Waals surface area contributed by atoms with Crippen molar-refractivity contribution in [3.05, 3.63) is 59.0 Å². The standard InChI is InChI=1S/C24H27N7/c1-5-16-7-9-18(15(3)13-16)23-21-19(28-30(23)4)10-8-17-14-25-24(27-22(17)21)26-20-11-12-31(6-2)29-20/h7,9,11-14H,5-6,8,10H2,1-4H3,(H,25,26,27,29). The van der Waals surface area contributed by atoms with Crippen molar-refractivity contribution < 1.29 is 0 Å². The summed E-state index contributed by atoms with van der Waals surface area (Å²) in [6.45, 7) is 7.25. The maximum atomic E-state index is 4.92. The molecule has 0 saturated carbocycles.